The lowest BCUT2D eigenvalue weighted by Gasteiger charge is -2.02. The van der Waals surface area contributed by atoms with E-state index < -0.39 is 0 Å². The first-order valence-corrected chi connectivity index (χ1v) is 4.41. The molecule has 106 valence electrons. The zero-order valence-corrected chi connectivity index (χ0v) is 10.9. The van der Waals surface area contributed by atoms with Crippen molar-refractivity contribution in [3.63, 3.8) is 0 Å². The van der Waals surface area contributed by atoms with Gasteiger partial charge >= 0.3 is 12.3 Å². The second-order valence-electron chi connectivity index (χ2n) is 2.80. The Morgan fingerprint density at radius 1 is 1.06 bits per heavy atom. The molecule has 0 heterocycles. The normalized spacial score (nSPS) is 7.47. The molecule has 0 aliphatic heterocycles. The average molecular weight is 273 g/mol. The second kappa shape index (κ2) is 46.0. The fraction of sp³-hybridized carbons (Fsp3) is 0.800. The predicted molar refractivity (Wildman–Crippen MR) is 58.7 cm³/mol. The summed E-state index contributed by atoms with van der Waals surface area (Å²) in [4.78, 5) is 32.5. The zero-order valence-electron chi connectivity index (χ0n) is 10.2. The highest BCUT2D eigenvalue weighted by atomic mass is 35.5. The largest absolute Gasteiger partial charge is 1.00 e. The molecule has 0 spiro atoms. The fourth-order valence-electron chi connectivity index (χ4n) is 0. The van der Waals surface area contributed by atoms with Crippen LogP contribution in [0.3, 0.4) is 0 Å². The molecule has 0 saturated carbocycles. The number of carbonyl (C=O) groups excluding carboxylic acids is 4. The molecule has 6 nitrogen and oxygen atoms in total. The fourth-order valence-corrected chi connectivity index (χ4v) is 0. The van der Waals surface area contributed by atoms with Gasteiger partial charge < -0.3 is 23.9 Å². The van der Waals surface area contributed by atoms with E-state index in [2.05, 4.69) is 26.5 Å². The molecule has 0 aromatic carbocycles. The number of nitrogens with two attached hydrogens (primary N) is 1. The summed E-state index contributed by atoms with van der Waals surface area (Å²) in [7, 11) is 0. The highest BCUT2D eigenvalue weighted by molar-refractivity contribution is 5.20. The number of hydrogen-bond acceptors (Lipinski definition) is 5. The molecule has 7 heteroatoms. The van der Waals surface area contributed by atoms with Gasteiger partial charge in [0.05, 0.1) is 6.04 Å². The molecule has 0 rings (SSSR count). The van der Waals surface area contributed by atoms with E-state index in [0.29, 0.717) is 6.04 Å². The van der Waals surface area contributed by atoms with Crippen molar-refractivity contribution < 1.29 is 37.3 Å². The summed E-state index contributed by atoms with van der Waals surface area (Å²) in [6.07, 6.45) is 0.500. The molecule has 0 saturated heterocycles. The van der Waals surface area contributed by atoms with Gasteiger partial charge in [0.2, 0.25) is 0 Å². The monoisotopic (exact) mass is 272 g/mol. The van der Waals surface area contributed by atoms with Crippen molar-refractivity contribution in [3.8, 4) is 0 Å². The molecule has 5 N–H and O–H groups in total. The quantitative estimate of drug-likeness (QED) is 0.518. The molecule has 0 fully saturated rings. The van der Waals surface area contributed by atoms with Crippen LogP contribution in [0.25, 0.3) is 0 Å². The summed E-state index contributed by atoms with van der Waals surface area (Å²) in [5, 5.41) is 0. The van der Waals surface area contributed by atoms with Gasteiger partial charge in [-0.2, -0.15) is 19.2 Å². The lowest BCUT2D eigenvalue weighted by Crippen LogP contribution is -3.00. The summed E-state index contributed by atoms with van der Waals surface area (Å²) in [6.45, 7) is 9.14. The van der Waals surface area contributed by atoms with Crippen molar-refractivity contribution in [2.24, 2.45) is 11.7 Å². The van der Waals surface area contributed by atoms with Crippen LogP contribution in [0.2, 0.25) is 0 Å². The SMILES string of the molecule is C.CC(C)[C@H](C)[NH3+].CCN.O=C=O.O=C=O.[Cl-]. The summed E-state index contributed by atoms with van der Waals surface area (Å²) in [5.74, 6) is 0.741. The summed E-state index contributed by atoms with van der Waals surface area (Å²) in [5.41, 5.74) is 8.69. The van der Waals surface area contributed by atoms with E-state index in [1.807, 2.05) is 6.92 Å². The van der Waals surface area contributed by atoms with Crippen molar-refractivity contribution in [2.75, 3.05) is 6.54 Å². The standard InChI is InChI=1S/C5H13N.C2H7N.2CO2.CH4.ClH/c1-4(2)5(3)6;1-2-3;2*2-1-3;;/h4-5H,6H2,1-3H3;2-3H2,1H3;;;1H4;1H/t5-;;;;;/m0...../s1. The Kier molecular flexibility index (Phi) is 97.4. The molecule has 0 aromatic heterocycles. The molecule has 0 aliphatic carbocycles. The minimum absolute atomic E-state index is 0. The lowest BCUT2D eigenvalue weighted by molar-refractivity contribution is -0.424. The Hall–Kier alpha value is -1.03. The number of rotatable bonds is 1. The van der Waals surface area contributed by atoms with Gasteiger partial charge in [0, 0.05) is 5.92 Å². The molecule has 0 aromatic rings. The van der Waals surface area contributed by atoms with E-state index in [1.54, 1.807) is 0 Å². The van der Waals surface area contributed by atoms with Crippen LogP contribution in [-0.4, -0.2) is 24.9 Å². The Labute approximate surface area is 110 Å². The van der Waals surface area contributed by atoms with Crippen LogP contribution in [0.15, 0.2) is 0 Å². The maximum absolute atomic E-state index is 8.12. The number of halogens is 1. The average Bonchev–Trinajstić information content (AvgIpc) is 2.07. The van der Waals surface area contributed by atoms with Crippen molar-refractivity contribution in [3.05, 3.63) is 0 Å². The van der Waals surface area contributed by atoms with Crippen molar-refractivity contribution in [1.82, 2.24) is 0 Å². The molecule has 0 radical (unpaired) electrons. The molecule has 0 bridgehead atoms. The van der Waals surface area contributed by atoms with E-state index in [4.69, 9.17) is 24.9 Å². The van der Waals surface area contributed by atoms with Crippen LogP contribution in [0.5, 0.6) is 0 Å². The van der Waals surface area contributed by atoms with Crippen molar-refractivity contribution in [1.29, 1.82) is 0 Å². The smallest absolute Gasteiger partial charge is 0.373 e. The maximum atomic E-state index is 8.12. The van der Waals surface area contributed by atoms with Crippen molar-refractivity contribution >= 4 is 12.3 Å². The lowest BCUT2D eigenvalue weighted by atomic mass is 10.1. The molecule has 0 amide bonds. The Morgan fingerprint density at radius 2 is 1.12 bits per heavy atom. The Balaban J connectivity index is -0.0000000243. The highest BCUT2D eigenvalue weighted by Gasteiger charge is 2.00. The first-order valence-electron chi connectivity index (χ1n) is 4.41. The van der Waals surface area contributed by atoms with Gasteiger partial charge in [0.15, 0.2) is 0 Å². The molecular weight excluding hydrogens is 248 g/mol. The van der Waals surface area contributed by atoms with Gasteiger partial charge in [-0.1, -0.05) is 28.2 Å². The second-order valence-corrected chi connectivity index (χ2v) is 2.80. The van der Waals surface area contributed by atoms with Crippen LogP contribution in [0, 0.1) is 5.92 Å². The van der Waals surface area contributed by atoms with Gasteiger partial charge in [-0.15, -0.1) is 0 Å². The molecule has 0 aliphatic rings. The van der Waals surface area contributed by atoms with Crippen LogP contribution in [0.4, 0.5) is 0 Å². The van der Waals surface area contributed by atoms with Crippen LogP contribution in [-0.2, 0) is 19.2 Å². The number of hydrogen-bond donors (Lipinski definition) is 2. The van der Waals surface area contributed by atoms with E-state index in [-0.39, 0.29) is 32.1 Å². The highest BCUT2D eigenvalue weighted by Crippen LogP contribution is 1.91. The van der Waals surface area contributed by atoms with Gasteiger partial charge in [0.1, 0.15) is 0 Å². The Morgan fingerprint density at radius 3 is 1.12 bits per heavy atom. The Bertz CT molecular complexity index is 146. The van der Waals surface area contributed by atoms with Gasteiger partial charge in [-0.05, 0) is 13.5 Å². The van der Waals surface area contributed by atoms with Crippen LogP contribution >= 0.6 is 0 Å². The molecular formula is C10H25ClN2O4. The maximum Gasteiger partial charge on any atom is 0.373 e. The van der Waals surface area contributed by atoms with Gasteiger partial charge in [-0.3, -0.25) is 0 Å². The number of quaternary nitrogens is 1. The van der Waals surface area contributed by atoms with Gasteiger partial charge in [0.25, 0.3) is 0 Å². The predicted octanol–water partition coefficient (Wildman–Crippen LogP) is -3.29. The third kappa shape index (κ3) is 285. The van der Waals surface area contributed by atoms with E-state index in [1.165, 1.54) is 0 Å². The molecule has 1 atom stereocenters. The topological polar surface area (TPSA) is 122 Å². The third-order valence-corrected chi connectivity index (χ3v) is 1.14. The van der Waals surface area contributed by atoms with Crippen LogP contribution < -0.4 is 23.9 Å². The minimum atomic E-state index is 0. The summed E-state index contributed by atoms with van der Waals surface area (Å²) < 4.78 is 0. The first kappa shape index (κ1) is 36.0. The van der Waals surface area contributed by atoms with Crippen LogP contribution in [0.1, 0.15) is 35.1 Å². The molecule has 0 unspecified atom stereocenters. The first-order chi connectivity index (χ1) is 6.89. The van der Waals surface area contributed by atoms with E-state index in [0.717, 1.165) is 12.5 Å². The summed E-state index contributed by atoms with van der Waals surface area (Å²) in [6, 6.07) is 0.602. The minimum Gasteiger partial charge on any atom is -1.00 e. The van der Waals surface area contributed by atoms with E-state index >= 15 is 0 Å². The zero-order chi connectivity index (χ0) is 13.3. The van der Waals surface area contributed by atoms with Gasteiger partial charge in [-0.25, -0.2) is 0 Å². The third-order valence-electron chi connectivity index (χ3n) is 1.14. The van der Waals surface area contributed by atoms with E-state index in [9.17, 15) is 0 Å². The van der Waals surface area contributed by atoms with Crippen molar-refractivity contribution in [2.45, 2.75) is 41.2 Å². The molecule has 17 heavy (non-hydrogen) atoms. The summed E-state index contributed by atoms with van der Waals surface area (Å²) >= 11 is 0.